The summed E-state index contributed by atoms with van der Waals surface area (Å²) >= 11 is 3.35. The van der Waals surface area contributed by atoms with Gasteiger partial charge in [0.05, 0.1) is 6.61 Å². The predicted octanol–water partition coefficient (Wildman–Crippen LogP) is 4.38. The van der Waals surface area contributed by atoms with E-state index >= 15 is 0 Å². The summed E-state index contributed by atoms with van der Waals surface area (Å²) in [7, 11) is 0. The molecule has 0 amide bonds. The molecule has 0 unspecified atom stereocenters. The number of carbonyl (C=O) groups is 1. The van der Waals surface area contributed by atoms with Crippen LogP contribution >= 0.6 is 34.4 Å². The second-order valence-electron chi connectivity index (χ2n) is 3.56. The van der Waals surface area contributed by atoms with Crippen molar-refractivity contribution >= 4 is 43.9 Å². The van der Waals surface area contributed by atoms with E-state index in [1.807, 2.05) is 18.4 Å². The van der Waals surface area contributed by atoms with Crippen LogP contribution in [0.2, 0.25) is 0 Å². The average Bonchev–Trinajstić information content (AvgIpc) is 2.38. The van der Waals surface area contributed by atoms with E-state index in [-0.39, 0.29) is 6.61 Å². The Kier molecular flexibility index (Phi) is 6.25. The van der Waals surface area contributed by atoms with Gasteiger partial charge in [0, 0.05) is 14.6 Å². The minimum atomic E-state index is -3.61. The number of hydrogen-bond acceptors (Lipinski definition) is 3. The molecule has 0 atom stereocenters. The third-order valence-electron chi connectivity index (χ3n) is 2.22. The molecule has 6 heteroatoms. The molecular weight excluding hydrogens is 385 g/mol. The molecule has 0 aliphatic heterocycles. The second kappa shape index (κ2) is 7.23. The fourth-order valence-corrected chi connectivity index (χ4v) is 2.44. The Balaban J connectivity index is 2.93. The molecule has 0 aliphatic rings. The lowest BCUT2D eigenvalue weighted by Gasteiger charge is -2.11. The van der Waals surface area contributed by atoms with Crippen LogP contribution in [-0.4, -0.2) is 24.8 Å². The third-order valence-corrected chi connectivity index (χ3v) is 3.90. The first kappa shape index (κ1) is 16.4. The molecule has 1 rings (SSSR count). The van der Waals surface area contributed by atoms with Crippen LogP contribution in [-0.2, 0) is 9.53 Å². The Labute approximate surface area is 128 Å². The van der Waals surface area contributed by atoms with Crippen molar-refractivity contribution in [3.8, 4) is 0 Å². The topological polar surface area (TPSA) is 26.3 Å². The van der Waals surface area contributed by atoms with E-state index in [1.165, 1.54) is 6.92 Å². The van der Waals surface area contributed by atoms with E-state index in [9.17, 15) is 13.6 Å². The Morgan fingerprint density at radius 3 is 2.47 bits per heavy atom. The Hall–Kier alpha value is -0.630. The van der Waals surface area contributed by atoms with E-state index in [0.717, 1.165) is 4.90 Å². The van der Waals surface area contributed by atoms with Crippen LogP contribution in [0.15, 0.2) is 35.2 Å². The molecule has 0 spiro atoms. The average molecular weight is 398 g/mol. The monoisotopic (exact) mass is 398 g/mol. The molecule has 0 N–H and O–H groups in total. The highest BCUT2D eigenvalue weighted by Gasteiger charge is 2.38. The SMILES string of the molecule is CCOC(=O)C(F)(F)/C=C(/I)c1ccc(SC)cc1. The number of ether oxygens (including phenoxy) is 1. The van der Waals surface area contributed by atoms with Crippen molar-refractivity contribution < 1.29 is 18.3 Å². The number of rotatable bonds is 5. The van der Waals surface area contributed by atoms with Gasteiger partial charge in [0.1, 0.15) is 0 Å². The van der Waals surface area contributed by atoms with Crippen LogP contribution in [0.25, 0.3) is 3.58 Å². The lowest BCUT2D eigenvalue weighted by atomic mass is 10.2. The molecular formula is C13H13F2IO2S. The largest absolute Gasteiger partial charge is 0.461 e. The summed E-state index contributed by atoms with van der Waals surface area (Å²) in [6.45, 7) is 1.42. The van der Waals surface area contributed by atoms with Crippen molar-refractivity contribution in [1.82, 2.24) is 0 Å². The molecule has 104 valence electrons. The zero-order valence-electron chi connectivity index (χ0n) is 10.5. The molecule has 0 saturated carbocycles. The van der Waals surface area contributed by atoms with Crippen molar-refractivity contribution in [2.75, 3.05) is 12.9 Å². The van der Waals surface area contributed by atoms with E-state index in [1.54, 1.807) is 46.5 Å². The standard InChI is InChI=1S/C13H13F2IO2S/c1-3-18-12(17)13(14,15)8-11(16)9-4-6-10(19-2)7-5-9/h4-8H,3H2,1-2H3/b11-8+. The van der Waals surface area contributed by atoms with E-state index < -0.39 is 11.9 Å². The van der Waals surface area contributed by atoms with Crippen LogP contribution in [0.3, 0.4) is 0 Å². The highest BCUT2D eigenvalue weighted by atomic mass is 127. The quantitative estimate of drug-likeness (QED) is 0.418. The third kappa shape index (κ3) is 4.76. The molecule has 0 radical (unpaired) electrons. The lowest BCUT2D eigenvalue weighted by molar-refractivity contribution is -0.164. The minimum absolute atomic E-state index is 0.0682. The Morgan fingerprint density at radius 2 is 2.00 bits per heavy atom. The summed E-state index contributed by atoms with van der Waals surface area (Å²) < 4.78 is 31.7. The van der Waals surface area contributed by atoms with Crippen molar-refractivity contribution in [3.05, 3.63) is 35.9 Å². The molecule has 0 fully saturated rings. The van der Waals surface area contributed by atoms with Crippen LogP contribution in [0, 0.1) is 0 Å². The minimum Gasteiger partial charge on any atom is -0.461 e. The predicted molar refractivity (Wildman–Crippen MR) is 81.8 cm³/mol. The molecule has 19 heavy (non-hydrogen) atoms. The van der Waals surface area contributed by atoms with E-state index in [4.69, 9.17) is 0 Å². The molecule has 0 bridgehead atoms. The summed E-state index contributed by atoms with van der Waals surface area (Å²) in [4.78, 5) is 12.2. The van der Waals surface area contributed by atoms with E-state index in [0.29, 0.717) is 15.2 Å². The number of esters is 1. The van der Waals surface area contributed by atoms with Gasteiger partial charge in [-0.1, -0.05) is 12.1 Å². The van der Waals surface area contributed by atoms with Crippen molar-refractivity contribution in [2.24, 2.45) is 0 Å². The maximum absolute atomic E-state index is 13.5. The smallest absolute Gasteiger partial charge is 0.381 e. The van der Waals surface area contributed by atoms with Gasteiger partial charge in [-0.05, 0) is 53.5 Å². The van der Waals surface area contributed by atoms with Crippen LogP contribution < -0.4 is 0 Å². The van der Waals surface area contributed by atoms with Gasteiger partial charge < -0.3 is 4.74 Å². The molecule has 0 heterocycles. The van der Waals surface area contributed by atoms with Gasteiger partial charge in [-0.2, -0.15) is 8.78 Å². The molecule has 0 saturated heterocycles. The number of hydrogen-bond donors (Lipinski definition) is 0. The molecule has 2 nitrogen and oxygen atoms in total. The highest BCUT2D eigenvalue weighted by Crippen LogP contribution is 2.29. The van der Waals surface area contributed by atoms with Gasteiger partial charge in [-0.3, -0.25) is 0 Å². The molecule has 0 aliphatic carbocycles. The zero-order chi connectivity index (χ0) is 14.5. The van der Waals surface area contributed by atoms with Crippen molar-refractivity contribution in [2.45, 2.75) is 17.7 Å². The first-order valence-electron chi connectivity index (χ1n) is 5.48. The Bertz CT molecular complexity index is 472. The van der Waals surface area contributed by atoms with Crippen LogP contribution in [0.4, 0.5) is 8.78 Å². The summed E-state index contributed by atoms with van der Waals surface area (Å²) in [6.07, 6.45) is 2.56. The highest BCUT2D eigenvalue weighted by molar-refractivity contribution is 14.1. The van der Waals surface area contributed by atoms with Gasteiger partial charge in [-0.25, -0.2) is 4.79 Å². The van der Waals surface area contributed by atoms with Gasteiger partial charge in [0.25, 0.3) is 0 Å². The fraction of sp³-hybridized carbons (Fsp3) is 0.308. The molecule has 0 aromatic heterocycles. The van der Waals surface area contributed by atoms with Gasteiger partial charge >= 0.3 is 11.9 Å². The number of alkyl halides is 2. The number of halogens is 3. The number of carbonyl (C=O) groups excluding carboxylic acids is 1. The normalized spacial score (nSPS) is 12.4. The summed E-state index contributed by atoms with van der Waals surface area (Å²) in [5.74, 6) is -5.13. The number of thioether (sulfide) groups is 1. The first-order valence-corrected chi connectivity index (χ1v) is 7.79. The maximum atomic E-state index is 13.5. The summed E-state index contributed by atoms with van der Waals surface area (Å²) in [5.41, 5.74) is 0.641. The first-order chi connectivity index (χ1) is 8.90. The zero-order valence-corrected chi connectivity index (χ0v) is 13.4. The van der Waals surface area contributed by atoms with Gasteiger partial charge in [0.15, 0.2) is 0 Å². The maximum Gasteiger partial charge on any atom is 0.381 e. The fourth-order valence-electron chi connectivity index (χ4n) is 1.28. The van der Waals surface area contributed by atoms with Crippen LogP contribution in [0.1, 0.15) is 12.5 Å². The van der Waals surface area contributed by atoms with Crippen LogP contribution in [0.5, 0.6) is 0 Å². The molecule has 1 aromatic carbocycles. The second-order valence-corrected chi connectivity index (χ2v) is 5.61. The van der Waals surface area contributed by atoms with Crippen molar-refractivity contribution in [3.63, 3.8) is 0 Å². The Morgan fingerprint density at radius 1 is 1.42 bits per heavy atom. The summed E-state index contributed by atoms with van der Waals surface area (Å²) in [5, 5.41) is 0. The summed E-state index contributed by atoms with van der Waals surface area (Å²) in [6, 6.07) is 7.17. The van der Waals surface area contributed by atoms with E-state index in [2.05, 4.69) is 4.74 Å². The van der Waals surface area contributed by atoms with Crippen molar-refractivity contribution in [1.29, 1.82) is 0 Å². The molecule has 1 aromatic rings. The number of benzene rings is 1. The van der Waals surface area contributed by atoms with Gasteiger partial charge in [-0.15, -0.1) is 11.8 Å². The lowest BCUT2D eigenvalue weighted by Crippen LogP contribution is -2.28. The van der Waals surface area contributed by atoms with Gasteiger partial charge in [0.2, 0.25) is 0 Å².